The van der Waals surface area contributed by atoms with Crippen LogP contribution >= 0.6 is 0 Å². The normalized spacial score (nSPS) is 15.8. The molecule has 0 radical (unpaired) electrons. The van der Waals surface area contributed by atoms with Gasteiger partial charge in [0.25, 0.3) is 5.56 Å². The zero-order chi connectivity index (χ0) is 17.4. The third-order valence-electron chi connectivity index (χ3n) is 4.66. The van der Waals surface area contributed by atoms with Crippen LogP contribution in [0.5, 0.6) is 0 Å². The zero-order valence-electron chi connectivity index (χ0n) is 13.8. The van der Waals surface area contributed by atoms with Crippen LogP contribution in [0.25, 0.3) is 11.4 Å². The Bertz CT molecular complexity index is 959. The van der Waals surface area contributed by atoms with E-state index in [1.54, 1.807) is 31.5 Å². The molecule has 1 aliphatic carbocycles. The van der Waals surface area contributed by atoms with E-state index in [2.05, 4.69) is 25.1 Å². The summed E-state index contributed by atoms with van der Waals surface area (Å²) in [5, 5.41) is 3.98. The summed E-state index contributed by atoms with van der Waals surface area (Å²) in [6.07, 6.45) is 6.32. The van der Waals surface area contributed by atoms with Crippen molar-refractivity contribution >= 4 is 0 Å². The molecule has 0 spiro atoms. The molecule has 1 saturated carbocycles. The third kappa shape index (κ3) is 2.85. The van der Waals surface area contributed by atoms with E-state index < -0.39 is 5.54 Å². The van der Waals surface area contributed by atoms with E-state index in [1.807, 2.05) is 0 Å². The van der Waals surface area contributed by atoms with E-state index in [1.165, 1.54) is 0 Å². The SMILES string of the molecule is Cc1nc(-c2ccncc2)[nH]c(=O)c1Cc1nc(C2(N)CCC2)no1. The number of aryl methyl sites for hydroxylation is 1. The lowest BCUT2D eigenvalue weighted by Gasteiger charge is -2.34. The number of H-pyrrole nitrogens is 1. The van der Waals surface area contributed by atoms with E-state index in [0.29, 0.717) is 28.8 Å². The van der Waals surface area contributed by atoms with Crippen LogP contribution in [0.3, 0.4) is 0 Å². The number of aromatic nitrogens is 5. The van der Waals surface area contributed by atoms with Gasteiger partial charge in [0.1, 0.15) is 5.82 Å². The maximum absolute atomic E-state index is 12.5. The highest BCUT2D eigenvalue weighted by atomic mass is 16.5. The highest BCUT2D eigenvalue weighted by Gasteiger charge is 2.39. The third-order valence-corrected chi connectivity index (χ3v) is 4.66. The number of nitrogens with two attached hydrogens (primary N) is 1. The van der Waals surface area contributed by atoms with Crippen molar-refractivity contribution in [3.05, 3.63) is 57.9 Å². The average molecular weight is 338 g/mol. The number of aromatic amines is 1. The molecule has 8 nitrogen and oxygen atoms in total. The van der Waals surface area contributed by atoms with Crippen molar-refractivity contribution in [3.63, 3.8) is 0 Å². The number of nitrogens with one attached hydrogen (secondary N) is 1. The van der Waals surface area contributed by atoms with Gasteiger partial charge in [-0.3, -0.25) is 9.78 Å². The van der Waals surface area contributed by atoms with Crippen molar-refractivity contribution in [2.75, 3.05) is 0 Å². The number of hydrogen-bond acceptors (Lipinski definition) is 7. The van der Waals surface area contributed by atoms with Gasteiger partial charge in [-0.1, -0.05) is 5.16 Å². The molecule has 3 aromatic heterocycles. The van der Waals surface area contributed by atoms with Crippen LogP contribution in [0.4, 0.5) is 0 Å². The number of nitrogens with zero attached hydrogens (tertiary/aromatic N) is 4. The van der Waals surface area contributed by atoms with Crippen LogP contribution in [-0.4, -0.2) is 25.1 Å². The summed E-state index contributed by atoms with van der Waals surface area (Å²) >= 11 is 0. The Balaban J connectivity index is 1.62. The predicted molar refractivity (Wildman–Crippen MR) is 89.6 cm³/mol. The first-order chi connectivity index (χ1) is 12.0. The fourth-order valence-corrected chi connectivity index (χ4v) is 2.93. The minimum Gasteiger partial charge on any atom is -0.339 e. The molecule has 3 aromatic rings. The van der Waals surface area contributed by atoms with Gasteiger partial charge in [-0.25, -0.2) is 4.98 Å². The van der Waals surface area contributed by atoms with Gasteiger partial charge in [0.2, 0.25) is 5.89 Å². The minimum absolute atomic E-state index is 0.217. The molecule has 0 atom stereocenters. The highest BCUT2D eigenvalue weighted by molar-refractivity contribution is 5.53. The molecule has 8 heteroatoms. The van der Waals surface area contributed by atoms with Crippen molar-refractivity contribution in [3.8, 4) is 11.4 Å². The van der Waals surface area contributed by atoms with Crippen LogP contribution in [-0.2, 0) is 12.0 Å². The molecule has 0 amide bonds. The standard InChI is InChI=1S/C17H18N6O2/c1-10-12(9-13-21-16(23-25-13)17(18)5-2-6-17)15(24)22-14(20-10)11-3-7-19-8-4-11/h3-4,7-8H,2,5-6,9,18H2,1H3,(H,20,22,24). The molecule has 25 heavy (non-hydrogen) atoms. The average Bonchev–Trinajstić information content (AvgIpc) is 3.05. The number of rotatable bonds is 4. The Labute approximate surface area is 143 Å². The van der Waals surface area contributed by atoms with Gasteiger partial charge in [0, 0.05) is 29.2 Å². The van der Waals surface area contributed by atoms with E-state index in [4.69, 9.17) is 10.3 Å². The summed E-state index contributed by atoms with van der Waals surface area (Å²) in [4.78, 5) is 28.1. The first-order valence-corrected chi connectivity index (χ1v) is 8.17. The van der Waals surface area contributed by atoms with Crippen LogP contribution in [0.15, 0.2) is 33.8 Å². The lowest BCUT2D eigenvalue weighted by molar-refractivity contribution is 0.229. The Morgan fingerprint density at radius 3 is 2.68 bits per heavy atom. The van der Waals surface area contributed by atoms with Crippen LogP contribution in [0.1, 0.15) is 42.2 Å². The fraction of sp³-hybridized carbons (Fsp3) is 0.353. The largest absolute Gasteiger partial charge is 0.339 e. The Kier molecular flexibility index (Phi) is 3.69. The Morgan fingerprint density at radius 2 is 2.04 bits per heavy atom. The summed E-state index contributed by atoms with van der Waals surface area (Å²) in [6, 6.07) is 3.59. The summed E-state index contributed by atoms with van der Waals surface area (Å²) < 4.78 is 5.29. The second-order valence-corrected chi connectivity index (χ2v) is 6.41. The summed E-state index contributed by atoms with van der Waals surface area (Å²) in [5.41, 5.74) is 7.44. The molecule has 128 valence electrons. The second-order valence-electron chi connectivity index (χ2n) is 6.41. The van der Waals surface area contributed by atoms with Gasteiger partial charge >= 0.3 is 0 Å². The molecular weight excluding hydrogens is 320 g/mol. The van der Waals surface area contributed by atoms with Gasteiger partial charge in [-0.15, -0.1) is 0 Å². The van der Waals surface area contributed by atoms with Crippen molar-refractivity contribution in [1.82, 2.24) is 25.1 Å². The molecule has 3 heterocycles. The predicted octanol–water partition coefficient (Wildman–Crippen LogP) is 1.45. The maximum Gasteiger partial charge on any atom is 0.255 e. The van der Waals surface area contributed by atoms with Gasteiger partial charge < -0.3 is 15.2 Å². The van der Waals surface area contributed by atoms with Gasteiger partial charge in [-0.05, 0) is 38.3 Å². The monoisotopic (exact) mass is 338 g/mol. The molecule has 0 aromatic carbocycles. The molecule has 1 fully saturated rings. The van der Waals surface area contributed by atoms with Gasteiger partial charge in [0.05, 0.1) is 12.0 Å². The molecule has 0 bridgehead atoms. The smallest absolute Gasteiger partial charge is 0.255 e. The number of pyridine rings is 1. The first kappa shape index (κ1) is 15.6. The first-order valence-electron chi connectivity index (χ1n) is 8.17. The Morgan fingerprint density at radius 1 is 1.28 bits per heavy atom. The zero-order valence-corrected chi connectivity index (χ0v) is 13.8. The topological polar surface area (TPSA) is 124 Å². The van der Waals surface area contributed by atoms with E-state index in [-0.39, 0.29) is 12.0 Å². The lowest BCUT2D eigenvalue weighted by Crippen LogP contribution is -2.44. The van der Waals surface area contributed by atoms with Gasteiger partial charge in [-0.2, -0.15) is 4.98 Å². The summed E-state index contributed by atoms with van der Waals surface area (Å²) in [7, 11) is 0. The minimum atomic E-state index is -0.479. The highest BCUT2D eigenvalue weighted by Crippen LogP contribution is 2.36. The summed E-state index contributed by atoms with van der Waals surface area (Å²) in [5.74, 6) is 1.40. The van der Waals surface area contributed by atoms with Crippen molar-refractivity contribution in [1.29, 1.82) is 0 Å². The van der Waals surface area contributed by atoms with E-state index in [9.17, 15) is 4.79 Å². The van der Waals surface area contributed by atoms with E-state index in [0.717, 1.165) is 24.8 Å². The molecule has 0 saturated heterocycles. The van der Waals surface area contributed by atoms with Crippen molar-refractivity contribution < 1.29 is 4.52 Å². The van der Waals surface area contributed by atoms with Crippen molar-refractivity contribution in [2.24, 2.45) is 5.73 Å². The molecule has 4 rings (SSSR count). The number of hydrogen-bond donors (Lipinski definition) is 2. The van der Waals surface area contributed by atoms with Crippen LogP contribution in [0.2, 0.25) is 0 Å². The van der Waals surface area contributed by atoms with Crippen LogP contribution < -0.4 is 11.3 Å². The summed E-state index contributed by atoms with van der Waals surface area (Å²) in [6.45, 7) is 1.79. The fourth-order valence-electron chi connectivity index (χ4n) is 2.93. The molecule has 0 unspecified atom stereocenters. The quantitative estimate of drug-likeness (QED) is 0.738. The molecular formula is C17H18N6O2. The van der Waals surface area contributed by atoms with Crippen molar-refractivity contribution in [2.45, 2.75) is 38.1 Å². The van der Waals surface area contributed by atoms with E-state index >= 15 is 0 Å². The van der Waals surface area contributed by atoms with Gasteiger partial charge in [0.15, 0.2) is 5.82 Å². The lowest BCUT2D eigenvalue weighted by atomic mass is 9.77. The molecule has 0 aliphatic heterocycles. The molecule has 3 N–H and O–H groups in total. The Hall–Kier alpha value is -2.87. The maximum atomic E-state index is 12.5. The molecule has 1 aliphatic rings. The van der Waals surface area contributed by atoms with Crippen LogP contribution in [0, 0.1) is 6.92 Å². The second kappa shape index (κ2) is 5.89.